The van der Waals surface area contributed by atoms with Gasteiger partial charge in [-0.1, -0.05) is 6.92 Å². The van der Waals surface area contributed by atoms with Crippen LogP contribution >= 0.6 is 0 Å². The number of aromatic nitrogens is 1. The molecule has 2 rings (SSSR count). The maximum absolute atomic E-state index is 13.2. The van der Waals surface area contributed by atoms with Crippen molar-refractivity contribution in [3.05, 3.63) is 45.5 Å². The normalized spacial score (nSPS) is 12.6. The first-order valence-electron chi connectivity index (χ1n) is 6.09. The molecule has 1 atom stereocenters. The molecule has 0 aliphatic heterocycles. The minimum absolute atomic E-state index is 0.251. The van der Waals surface area contributed by atoms with E-state index in [4.69, 9.17) is 5.73 Å². The monoisotopic (exact) mass is 262 g/mol. The lowest BCUT2D eigenvalue weighted by Crippen LogP contribution is -2.24. The molecule has 1 aromatic carbocycles. The van der Waals surface area contributed by atoms with Crippen LogP contribution in [0, 0.1) is 5.82 Å². The smallest absolute Gasteiger partial charge is 0.226 e. The second kappa shape index (κ2) is 4.84. The zero-order valence-corrected chi connectivity index (χ0v) is 10.8. The van der Waals surface area contributed by atoms with Gasteiger partial charge in [0.1, 0.15) is 5.82 Å². The van der Waals surface area contributed by atoms with Crippen LogP contribution in [0.15, 0.2) is 23.0 Å². The Bertz CT molecular complexity index is 706. The summed E-state index contributed by atoms with van der Waals surface area (Å²) in [7, 11) is 0. The highest BCUT2D eigenvalue weighted by Crippen LogP contribution is 2.20. The third-order valence-electron chi connectivity index (χ3n) is 3.31. The van der Waals surface area contributed by atoms with E-state index in [1.807, 2.05) is 6.92 Å². The molecule has 0 saturated heterocycles. The summed E-state index contributed by atoms with van der Waals surface area (Å²) in [5, 5.41) is 0.289. The number of benzene rings is 1. The third kappa shape index (κ3) is 2.23. The van der Waals surface area contributed by atoms with Crippen molar-refractivity contribution in [2.24, 2.45) is 5.73 Å². The number of hydrogen-bond donors (Lipinski definition) is 2. The summed E-state index contributed by atoms with van der Waals surface area (Å²) in [5.74, 6) is -1.56. The van der Waals surface area contributed by atoms with E-state index in [-0.39, 0.29) is 10.8 Å². The van der Waals surface area contributed by atoms with Crippen molar-refractivity contribution in [1.82, 2.24) is 4.98 Å². The van der Waals surface area contributed by atoms with Crippen LogP contribution in [-0.2, 0) is 11.2 Å². The number of nitrogens with two attached hydrogens (primary N) is 1. The van der Waals surface area contributed by atoms with Gasteiger partial charge in [-0.15, -0.1) is 0 Å². The van der Waals surface area contributed by atoms with Gasteiger partial charge >= 0.3 is 0 Å². The summed E-state index contributed by atoms with van der Waals surface area (Å²) in [6.45, 7) is 3.45. The molecule has 100 valence electrons. The fourth-order valence-corrected chi connectivity index (χ4v) is 2.18. The minimum atomic E-state index is -0.586. The van der Waals surface area contributed by atoms with E-state index in [1.165, 1.54) is 18.2 Å². The number of primary amides is 1. The lowest BCUT2D eigenvalue weighted by Gasteiger charge is -2.14. The Morgan fingerprint density at radius 2 is 2.16 bits per heavy atom. The predicted octanol–water partition coefficient (Wildman–Crippen LogP) is 1.82. The average Bonchev–Trinajstić information content (AvgIpc) is 2.38. The Morgan fingerprint density at radius 3 is 2.74 bits per heavy atom. The molecule has 0 fully saturated rings. The first-order chi connectivity index (χ1) is 8.95. The van der Waals surface area contributed by atoms with Crippen molar-refractivity contribution in [1.29, 1.82) is 0 Å². The van der Waals surface area contributed by atoms with Gasteiger partial charge in [0.2, 0.25) is 5.91 Å². The van der Waals surface area contributed by atoms with E-state index < -0.39 is 17.6 Å². The van der Waals surface area contributed by atoms with Gasteiger partial charge in [0.05, 0.1) is 5.92 Å². The fourth-order valence-electron chi connectivity index (χ4n) is 2.18. The van der Waals surface area contributed by atoms with Gasteiger partial charge in [0.15, 0.2) is 5.43 Å². The molecule has 0 spiro atoms. The van der Waals surface area contributed by atoms with Crippen LogP contribution < -0.4 is 11.2 Å². The molecule has 0 bridgehead atoms. The van der Waals surface area contributed by atoms with Crippen LogP contribution in [0.25, 0.3) is 10.9 Å². The Labute approximate surface area is 109 Å². The van der Waals surface area contributed by atoms with Crippen LogP contribution in [0.5, 0.6) is 0 Å². The first-order valence-corrected chi connectivity index (χ1v) is 6.09. The maximum Gasteiger partial charge on any atom is 0.226 e. The zero-order chi connectivity index (χ0) is 14.2. The highest BCUT2D eigenvalue weighted by molar-refractivity contribution is 5.84. The second-order valence-electron chi connectivity index (χ2n) is 4.51. The van der Waals surface area contributed by atoms with Crippen molar-refractivity contribution < 1.29 is 9.18 Å². The summed E-state index contributed by atoms with van der Waals surface area (Å²) in [6, 6.07) is 3.96. The van der Waals surface area contributed by atoms with Gasteiger partial charge in [-0.3, -0.25) is 9.59 Å². The molecule has 2 aromatic rings. The Hall–Kier alpha value is -2.17. The summed E-state index contributed by atoms with van der Waals surface area (Å²) in [5.41, 5.74) is 6.53. The van der Waals surface area contributed by atoms with Crippen molar-refractivity contribution >= 4 is 16.8 Å². The molecule has 1 amide bonds. The van der Waals surface area contributed by atoms with Gasteiger partial charge in [-0.2, -0.15) is 0 Å². The first kappa shape index (κ1) is 13.3. The molecule has 4 nitrogen and oxygen atoms in total. The average molecular weight is 262 g/mol. The molecule has 0 saturated carbocycles. The van der Waals surface area contributed by atoms with E-state index >= 15 is 0 Å². The number of rotatable bonds is 3. The Balaban J connectivity index is 2.83. The number of hydrogen-bond acceptors (Lipinski definition) is 2. The number of halogens is 1. The second-order valence-corrected chi connectivity index (χ2v) is 4.51. The van der Waals surface area contributed by atoms with Crippen molar-refractivity contribution in [3.8, 4) is 0 Å². The molecule has 1 unspecified atom stereocenters. The number of aromatic amines is 1. The predicted molar refractivity (Wildman–Crippen MR) is 71.5 cm³/mol. The number of fused-ring (bicyclic) bond motifs is 1. The Morgan fingerprint density at radius 1 is 1.47 bits per heavy atom. The fraction of sp³-hybridized carbons (Fsp3) is 0.286. The highest BCUT2D eigenvalue weighted by Gasteiger charge is 2.19. The molecule has 3 N–H and O–H groups in total. The molecule has 0 aliphatic carbocycles. The summed E-state index contributed by atoms with van der Waals surface area (Å²) in [6.07, 6.45) is 0.453. The van der Waals surface area contributed by atoms with Crippen LogP contribution in [0.2, 0.25) is 0 Å². The molecule has 19 heavy (non-hydrogen) atoms. The molecule has 5 heteroatoms. The number of H-pyrrole nitrogens is 1. The molecule has 0 aliphatic rings. The third-order valence-corrected chi connectivity index (χ3v) is 3.31. The van der Waals surface area contributed by atoms with E-state index in [1.54, 1.807) is 6.92 Å². The zero-order valence-electron chi connectivity index (χ0n) is 10.8. The summed E-state index contributed by atoms with van der Waals surface area (Å²) in [4.78, 5) is 26.7. The van der Waals surface area contributed by atoms with Crippen LogP contribution in [0.3, 0.4) is 0 Å². The number of nitrogens with one attached hydrogen (secondary N) is 1. The number of amides is 1. The van der Waals surface area contributed by atoms with E-state index in [9.17, 15) is 14.0 Å². The number of carbonyl (C=O) groups is 1. The van der Waals surface area contributed by atoms with Crippen molar-refractivity contribution in [3.63, 3.8) is 0 Å². The van der Waals surface area contributed by atoms with Gasteiger partial charge in [-0.25, -0.2) is 4.39 Å². The molecular formula is C14H15FN2O2. The summed E-state index contributed by atoms with van der Waals surface area (Å²) < 4.78 is 13.2. The van der Waals surface area contributed by atoms with Crippen LogP contribution in [0.1, 0.15) is 31.0 Å². The highest BCUT2D eigenvalue weighted by atomic mass is 19.1. The van der Waals surface area contributed by atoms with Crippen molar-refractivity contribution in [2.45, 2.75) is 26.2 Å². The molecule has 1 heterocycles. The quantitative estimate of drug-likeness (QED) is 0.885. The maximum atomic E-state index is 13.2. The lowest BCUT2D eigenvalue weighted by atomic mass is 9.97. The minimum Gasteiger partial charge on any atom is -0.369 e. The SMILES string of the molecule is CCc1c(C(C)C(N)=O)[nH]c2ccc(F)cc2c1=O. The number of pyridine rings is 1. The largest absolute Gasteiger partial charge is 0.369 e. The molecule has 1 aromatic heterocycles. The van der Waals surface area contributed by atoms with E-state index in [2.05, 4.69) is 4.98 Å². The van der Waals surface area contributed by atoms with Gasteiger partial charge in [-0.05, 0) is 31.5 Å². The Kier molecular flexibility index (Phi) is 3.38. The van der Waals surface area contributed by atoms with Gasteiger partial charge in [0, 0.05) is 22.2 Å². The van der Waals surface area contributed by atoms with Gasteiger partial charge in [0.25, 0.3) is 0 Å². The number of carbonyl (C=O) groups excluding carboxylic acids is 1. The summed E-state index contributed by atoms with van der Waals surface area (Å²) >= 11 is 0. The lowest BCUT2D eigenvalue weighted by molar-refractivity contribution is -0.119. The van der Waals surface area contributed by atoms with Crippen molar-refractivity contribution in [2.75, 3.05) is 0 Å². The molecule has 0 radical (unpaired) electrons. The standard InChI is InChI=1S/C14H15FN2O2/c1-3-9-12(7(2)14(16)19)17-11-5-4-8(15)6-10(11)13(9)18/h4-7H,3H2,1-2H3,(H2,16,19)(H,17,18). The van der Waals surface area contributed by atoms with E-state index in [0.717, 1.165) is 0 Å². The van der Waals surface area contributed by atoms with Crippen LogP contribution in [-0.4, -0.2) is 10.9 Å². The van der Waals surface area contributed by atoms with Gasteiger partial charge < -0.3 is 10.7 Å². The topological polar surface area (TPSA) is 76.0 Å². The molecular weight excluding hydrogens is 247 g/mol. The van der Waals surface area contributed by atoms with Crippen LogP contribution in [0.4, 0.5) is 4.39 Å². The van der Waals surface area contributed by atoms with E-state index in [0.29, 0.717) is 23.2 Å².